The fraction of sp³-hybridized carbons (Fsp3) is 0.476. The Balaban J connectivity index is 2.48. The summed E-state index contributed by atoms with van der Waals surface area (Å²) in [6, 6.07) is 2.55. The zero-order chi connectivity index (χ0) is 27.4. The molecule has 0 fully saturated rings. The summed E-state index contributed by atoms with van der Waals surface area (Å²) >= 11 is 13.4. The van der Waals surface area contributed by atoms with Crippen molar-refractivity contribution in [3.8, 4) is 10.4 Å². The van der Waals surface area contributed by atoms with Crippen LogP contribution < -0.4 is 15.4 Å². The molecule has 0 spiro atoms. The third-order valence-corrected chi connectivity index (χ3v) is 7.51. The molecule has 0 aliphatic rings. The van der Waals surface area contributed by atoms with Crippen LogP contribution in [-0.2, 0) is 11.0 Å². The number of halogens is 5. The van der Waals surface area contributed by atoms with Crippen molar-refractivity contribution in [3.63, 3.8) is 0 Å². The molecule has 0 bridgehead atoms. The number of nitrogens with zero attached hydrogens (tertiary/aromatic N) is 1. The van der Waals surface area contributed by atoms with E-state index in [0.29, 0.717) is 6.54 Å². The second kappa shape index (κ2) is 12.2. The highest BCUT2D eigenvalue weighted by molar-refractivity contribution is 7.83. The van der Waals surface area contributed by atoms with E-state index in [1.54, 1.807) is 0 Å². The summed E-state index contributed by atoms with van der Waals surface area (Å²) < 4.78 is 51.5. The third-order valence-electron chi connectivity index (χ3n) is 4.28. The molecule has 8 nitrogen and oxygen atoms in total. The van der Waals surface area contributed by atoms with Gasteiger partial charge in [0, 0.05) is 18.7 Å². The van der Waals surface area contributed by atoms with E-state index in [0.717, 1.165) is 11.3 Å². The first-order chi connectivity index (χ1) is 16.5. The summed E-state index contributed by atoms with van der Waals surface area (Å²) in [6.07, 6.45) is -4.59. The number of aliphatic hydroxyl groups is 1. The summed E-state index contributed by atoms with van der Waals surface area (Å²) in [5.74, 6) is -1.09. The topological polar surface area (TPSA) is 120 Å². The molecule has 0 aliphatic carbocycles. The smallest absolute Gasteiger partial charge is 0.389 e. The number of carbonyl (C=O) groups excluding carboxylic acids is 2. The molecular weight excluding hydrogens is 564 g/mol. The number of nitrogens with one attached hydrogen (secondary N) is 3. The van der Waals surface area contributed by atoms with E-state index in [2.05, 4.69) is 15.6 Å². The van der Waals surface area contributed by atoms with Crippen LogP contribution in [0, 0.1) is 5.92 Å². The Kier molecular flexibility index (Phi) is 10.3. The van der Waals surface area contributed by atoms with Gasteiger partial charge in [-0.1, -0.05) is 43.1 Å². The number of aromatic nitrogens is 1. The molecule has 4 N–H and O–H groups in total. The van der Waals surface area contributed by atoms with Gasteiger partial charge in [-0.2, -0.15) is 13.2 Å². The van der Waals surface area contributed by atoms with Crippen molar-refractivity contribution in [2.24, 2.45) is 5.92 Å². The maximum absolute atomic E-state index is 12.9. The summed E-state index contributed by atoms with van der Waals surface area (Å²) in [7, 11) is -2.32. The van der Waals surface area contributed by atoms with Gasteiger partial charge in [-0.3, -0.25) is 9.59 Å². The van der Waals surface area contributed by atoms with E-state index in [9.17, 15) is 32.1 Å². The van der Waals surface area contributed by atoms with Gasteiger partial charge in [-0.05, 0) is 25.8 Å². The summed E-state index contributed by atoms with van der Waals surface area (Å²) in [4.78, 5) is 29.6. The molecule has 2 aromatic rings. The summed E-state index contributed by atoms with van der Waals surface area (Å²) in [5.41, 5.74) is -1.13. The van der Waals surface area contributed by atoms with E-state index in [4.69, 9.17) is 23.2 Å². The molecule has 0 aliphatic heterocycles. The fourth-order valence-electron chi connectivity index (χ4n) is 2.58. The number of thiazole rings is 1. The number of benzene rings is 1. The van der Waals surface area contributed by atoms with Crippen LogP contribution in [0.4, 0.5) is 13.2 Å². The van der Waals surface area contributed by atoms with Crippen molar-refractivity contribution in [3.05, 3.63) is 32.9 Å². The van der Waals surface area contributed by atoms with Gasteiger partial charge in [-0.25, -0.2) is 13.9 Å². The Morgan fingerprint density at radius 3 is 2.31 bits per heavy atom. The van der Waals surface area contributed by atoms with E-state index in [1.807, 2.05) is 18.6 Å². The Bertz CT molecular complexity index is 1150. The van der Waals surface area contributed by atoms with Crippen molar-refractivity contribution < 1.29 is 32.1 Å². The standard InChI is InChI=1S/C21H25Cl2F3N4O4S2/c1-10(2)7-27-17(31)15-16(35-19(30-15)18(32)28-8-20(3,4)33)11-5-6-12(14(23)13(11)22)36(34)29-9-21(24,25)26/h5-6,10,29,33H,7-9H2,1-4H3,(H,27,31)(H,28,32). The van der Waals surface area contributed by atoms with E-state index < -0.39 is 41.1 Å². The fourth-order valence-corrected chi connectivity index (χ4v) is 5.25. The average molecular weight is 589 g/mol. The zero-order valence-corrected chi connectivity index (χ0v) is 22.8. The van der Waals surface area contributed by atoms with Gasteiger partial charge in [0.05, 0.1) is 25.4 Å². The van der Waals surface area contributed by atoms with Crippen LogP contribution in [0.5, 0.6) is 0 Å². The van der Waals surface area contributed by atoms with Crippen molar-refractivity contribution >= 4 is 57.3 Å². The normalized spacial score (nSPS) is 13.1. The number of alkyl halides is 3. The minimum atomic E-state index is -4.59. The average Bonchev–Trinajstić information content (AvgIpc) is 3.20. The second-order valence-electron chi connectivity index (χ2n) is 8.74. The Morgan fingerprint density at radius 1 is 1.11 bits per heavy atom. The van der Waals surface area contributed by atoms with Gasteiger partial charge >= 0.3 is 6.18 Å². The highest BCUT2D eigenvalue weighted by Crippen LogP contribution is 2.41. The molecule has 200 valence electrons. The van der Waals surface area contributed by atoms with Crippen LogP contribution >= 0.6 is 34.5 Å². The first-order valence-electron chi connectivity index (χ1n) is 10.5. The van der Waals surface area contributed by atoms with Crippen molar-refractivity contribution in [2.45, 2.75) is 44.4 Å². The molecule has 1 aromatic heterocycles. The monoisotopic (exact) mass is 588 g/mol. The molecule has 1 aromatic carbocycles. The Morgan fingerprint density at radius 2 is 1.75 bits per heavy atom. The lowest BCUT2D eigenvalue weighted by molar-refractivity contribution is -0.121. The van der Waals surface area contributed by atoms with Gasteiger partial charge in [-0.15, -0.1) is 11.3 Å². The number of amides is 2. The van der Waals surface area contributed by atoms with Gasteiger partial charge in [0.15, 0.2) is 5.01 Å². The van der Waals surface area contributed by atoms with Gasteiger partial charge in [0.2, 0.25) is 0 Å². The number of carbonyl (C=O) groups is 2. The van der Waals surface area contributed by atoms with Crippen LogP contribution in [0.15, 0.2) is 17.0 Å². The Labute approximate surface area is 222 Å². The predicted octanol–water partition coefficient (Wildman–Crippen LogP) is 4.18. The molecular formula is C21H25Cl2F3N4O4S2. The third kappa shape index (κ3) is 8.67. The summed E-state index contributed by atoms with van der Waals surface area (Å²) in [6.45, 7) is 5.53. The molecule has 0 saturated carbocycles. The second-order valence-corrected chi connectivity index (χ2v) is 11.8. The molecule has 2 rings (SSSR count). The number of hydrogen-bond acceptors (Lipinski definition) is 6. The molecule has 1 atom stereocenters. The predicted molar refractivity (Wildman–Crippen MR) is 134 cm³/mol. The molecule has 15 heteroatoms. The van der Waals surface area contributed by atoms with Crippen molar-refractivity contribution in [2.75, 3.05) is 19.6 Å². The Hall–Kier alpha value is -1.77. The van der Waals surface area contributed by atoms with Gasteiger partial charge in [0.1, 0.15) is 23.2 Å². The van der Waals surface area contributed by atoms with Crippen molar-refractivity contribution in [1.29, 1.82) is 0 Å². The van der Waals surface area contributed by atoms with E-state index in [1.165, 1.54) is 26.0 Å². The van der Waals surface area contributed by atoms with Crippen LogP contribution in [0.1, 0.15) is 48.0 Å². The van der Waals surface area contributed by atoms with Crippen LogP contribution in [0.2, 0.25) is 10.0 Å². The van der Waals surface area contributed by atoms with E-state index in [-0.39, 0.29) is 48.5 Å². The molecule has 2 amide bonds. The van der Waals surface area contributed by atoms with Crippen LogP contribution in [0.25, 0.3) is 10.4 Å². The molecule has 36 heavy (non-hydrogen) atoms. The molecule has 1 unspecified atom stereocenters. The number of hydrogen-bond donors (Lipinski definition) is 4. The lowest BCUT2D eigenvalue weighted by atomic mass is 10.1. The SMILES string of the molecule is CC(C)CNC(=O)c1nc(C(=O)NCC(C)(C)O)sc1-c1ccc(S(=O)NCC(F)(F)F)c(Cl)c1Cl. The highest BCUT2D eigenvalue weighted by atomic mass is 35.5. The number of rotatable bonds is 10. The van der Waals surface area contributed by atoms with Crippen LogP contribution in [0.3, 0.4) is 0 Å². The maximum Gasteiger partial charge on any atom is 0.402 e. The zero-order valence-electron chi connectivity index (χ0n) is 19.7. The van der Waals surface area contributed by atoms with E-state index >= 15 is 0 Å². The largest absolute Gasteiger partial charge is 0.402 e. The minimum absolute atomic E-state index is 0.0757. The van der Waals surface area contributed by atoms with Crippen LogP contribution in [-0.4, -0.2) is 57.5 Å². The van der Waals surface area contributed by atoms with Gasteiger partial charge in [0.25, 0.3) is 11.8 Å². The first-order valence-corrected chi connectivity index (χ1v) is 13.2. The first kappa shape index (κ1) is 30.5. The quantitative estimate of drug-likeness (QED) is 0.332. The lowest BCUT2D eigenvalue weighted by Gasteiger charge is -2.16. The minimum Gasteiger partial charge on any atom is -0.389 e. The summed E-state index contributed by atoms with van der Waals surface area (Å²) in [5, 5.41) is 14.5. The lowest BCUT2D eigenvalue weighted by Crippen LogP contribution is -2.38. The molecule has 0 saturated heterocycles. The maximum atomic E-state index is 12.9. The molecule has 1 heterocycles. The van der Waals surface area contributed by atoms with Gasteiger partial charge < -0.3 is 15.7 Å². The molecule has 0 radical (unpaired) electrons. The highest BCUT2D eigenvalue weighted by Gasteiger charge is 2.30. The van der Waals surface area contributed by atoms with Crippen molar-refractivity contribution in [1.82, 2.24) is 20.3 Å².